The van der Waals surface area contributed by atoms with Crippen LogP contribution in [0.3, 0.4) is 0 Å². The fourth-order valence-electron chi connectivity index (χ4n) is 2.94. The Bertz CT molecular complexity index is 545. The molecule has 1 aromatic rings. The monoisotopic (exact) mass is 332 g/mol. The zero-order valence-electron chi connectivity index (χ0n) is 14.8. The molecule has 0 aliphatic carbocycles. The van der Waals surface area contributed by atoms with Crippen LogP contribution in [0.25, 0.3) is 0 Å². The van der Waals surface area contributed by atoms with Crippen molar-refractivity contribution < 1.29 is 14.3 Å². The minimum Gasteiger partial charge on any atom is -0.379 e. The van der Waals surface area contributed by atoms with Crippen LogP contribution in [0.4, 0.5) is 0 Å². The summed E-state index contributed by atoms with van der Waals surface area (Å²) in [4.78, 5) is 26.3. The number of hydrogen-bond donors (Lipinski definition) is 1. The maximum atomic E-state index is 12.3. The number of hydrogen-bond acceptors (Lipinski definition) is 3. The predicted octanol–water partition coefficient (Wildman–Crippen LogP) is 2.53. The van der Waals surface area contributed by atoms with E-state index in [0.29, 0.717) is 26.1 Å². The molecule has 0 bridgehead atoms. The third kappa shape index (κ3) is 5.06. The van der Waals surface area contributed by atoms with Gasteiger partial charge in [0.25, 0.3) is 0 Å². The molecule has 1 heterocycles. The lowest BCUT2D eigenvalue weighted by atomic mass is 10.1. The van der Waals surface area contributed by atoms with Crippen molar-refractivity contribution in [2.45, 2.75) is 45.8 Å². The molecule has 2 atom stereocenters. The number of nitrogens with zero attached hydrogens (tertiary/aromatic N) is 1. The average Bonchev–Trinajstić information content (AvgIpc) is 2.96. The predicted molar refractivity (Wildman–Crippen MR) is 93.4 cm³/mol. The van der Waals surface area contributed by atoms with E-state index < -0.39 is 0 Å². The highest BCUT2D eigenvalue weighted by Crippen LogP contribution is 2.28. The molecule has 24 heavy (non-hydrogen) atoms. The number of rotatable bonds is 8. The van der Waals surface area contributed by atoms with Crippen molar-refractivity contribution in [1.82, 2.24) is 10.2 Å². The van der Waals surface area contributed by atoms with Crippen LogP contribution in [0.1, 0.15) is 45.2 Å². The Labute approximate surface area is 144 Å². The van der Waals surface area contributed by atoms with Gasteiger partial charge >= 0.3 is 0 Å². The topological polar surface area (TPSA) is 58.6 Å². The van der Waals surface area contributed by atoms with Crippen molar-refractivity contribution in [3.8, 4) is 0 Å². The summed E-state index contributed by atoms with van der Waals surface area (Å²) in [6, 6.07) is 9.92. The summed E-state index contributed by atoms with van der Waals surface area (Å²) in [5.41, 5.74) is 1.10. The fourth-order valence-corrected chi connectivity index (χ4v) is 2.94. The third-order valence-corrected chi connectivity index (χ3v) is 4.35. The van der Waals surface area contributed by atoms with Crippen LogP contribution in [0.15, 0.2) is 30.3 Å². The highest BCUT2D eigenvalue weighted by atomic mass is 16.5. The maximum absolute atomic E-state index is 12.3. The molecule has 1 fully saturated rings. The molecular formula is C19H28N2O3. The van der Waals surface area contributed by atoms with Crippen LogP contribution in [0.5, 0.6) is 0 Å². The summed E-state index contributed by atoms with van der Waals surface area (Å²) in [5.74, 6) is -0.236. The van der Waals surface area contributed by atoms with Gasteiger partial charge in [0.1, 0.15) is 0 Å². The van der Waals surface area contributed by atoms with Crippen molar-refractivity contribution in [3.63, 3.8) is 0 Å². The molecule has 0 radical (unpaired) electrons. The van der Waals surface area contributed by atoms with Gasteiger partial charge in [-0.25, -0.2) is 0 Å². The Morgan fingerprint density at radius 2 is 2.00 bits per heavy atom. The van der Waals surface area contributed by atoms with Gasteiger partial charge in [0, 0.05) is 26.1 Å². The molecule has 5 nitrogen and oxygen atoms in total. The SMILES string of the molecule is CC(C)OCCCNC(=O)[C@@H]1CC(=O)N([C@H](C)c2ccccc2)C1. The Morgan fingerprint density at radius 1 is 1.29 bits per heavy atom. The van der Waals surface area contributed by atoms with Gasteiger partial charge in [0.05, 0.1) is 18.1 Å². The smallest absolute Gasteiger partial charge is 0.225 e. The van der Waals surface area contributed by atoms with Crippen LogP contribution < -0.4 is 5.32 Å². The molecular weight excluding hydrogens is 304 g/mol. The number of benzene rings is 1. The largest absolute Gasteiger partial charge is 0.379 e. The van der Waals surface area contributed by atoms with Gasteiger partial charge in [0.2, 0.25) is 11.8 Å². The Hall–Kier alpha value is -1.88. The van der Waals surface area contributed by atoms with Gasteiger partial charge in [-0.2, -0.15) is 0 Å². The second kappa shape index (κ2) is 8.83. The number of nitrogens with one attached hydrogen (secondary N) is 1. The minimum absolute atomic E-state index is 0.00376. The van der Waals surface area contributed by atoms with Crippen molar-refractivity contribution in [1.29, 1.82) is 0 Å². The number of likely N-dealkylation sites (tertiary alicyclic amines) is 1. The van der Waals surface area contributed by atoms with Crippen LogP contribution in [0, 0.1) is 5.92 Å². The lowest BCUT2D eigenvalue weighted by Crippen LogP contribution is -2.34. The first-order valence-electron chi connectivity index (χ1n) is 8.72. The number of carbonyl (C=O) groups is 2. The molecule has 1 aliphatic rings. The van der Waals surface area contributed by atoms with Crippen LogP contribution in [-0.2, 0) is 14.3 Å². The molecule has 0 saturated carbocycles. The Balaban J connectivity index is 1.80. The quantitative estimate of drug-likeness (QED) is 0.744. The second-order valence-corrected chi connectivity index (χ2v) is 6.60. The zero-order valence-corrected chi connectivity index (χ0v) is 14.8. The molecule has 1 aromatic carbocycles. The number of carbonyl (C=O) groups excluding carboxylic acids is 2. The highest BCUT2D eigenvalue weighted by Gasteiger charge is 2.36. The lowest BCUT2D eigenvalue weighted by Gasteiger charge is -2.25. The maximum Gasteiger partial charge on any atom is 0.225 e. The van der Waals surface area contributed by atoms with E-state index in [4.69, 9.17) is 4.74 Å². The highest BCUT2D eigenvalue weighted by molar-refractivity contribution is 5.89. The van der Waals surface area contributed by atoms with Gasteiger partial charge in [-0.05, 0) is 32.8 Å². The van der Waals surface area contributed by atoms with Gasteiger partial charge in [0.15, 0.2) is 0 Å². The summed E-state index contributed by atoms with van der Waals surface area (Å²) >= 11 is 0. The first-order chi connectivity index (χ1) is 11.5. The standard InChI is InChI=1S/C19H28N2O3/c1-14(2)24-11-7-10-20-19(23)17-12-18(22)21(13-17)15(3)16-8-5-4-6-9-16/h4-6,8-9,14-15,17H,7,10-13H2,1-3H3,(H,20,23)/t15-,17-/m1/s1. The molecule has 0 aromatic heterocycles. The van der Waals surface area contributed by atoms with Gasteiger partial charge in [-0.1, -0.05) is 30.3 Å². The third-order valence-electron chi connectivity index (χ3n) is 4.35. The van der Waals surface area contributed by atoms with Crippen LogP contribution in [0.2, 0.25) is 0 Å². The van der Waals surface area contributed by atoms with E-state index in [0.717, 1.165) is 12.0 Å². The van der Waals surface area contributed by atoms with E-state index >= 15 is 0 Å². The lowest BCUT2D eigenvalue weighted by molar-refractivity contribution is -0.130. The van der Waals surface area contributed by atoms with E-state index in [1.165, 1.54) is 0 Å². The number of ether oxygens (including phenoxy) is 1. The normalized spacial score (nSPS) is 18.9. The van der Waals surface area contributed by atoms with Gasteiger partial charge < -0.3 is 15.0 Å². The molecule has 2 amide bonds. The summed E-state index contributed by atoms with van der Waals surface area (Å²) < 4.78 is 5.45. The Morgan fingerprint density at radius 3 is 2.67 bits per heavy atom. The molecule has 1 saturated heterocycles. The van der Waals surface area contributed by atoms with Crippen molar-refractivity contribution in [3.05, 3.63) is 35.9 Å². The number of amides is 2. The Kier molecular flexibility index (Phi) is 6.79. The summed E-state index contributed by atoms with van der Waals surface area (Å²) in [6.45, 7) is 7.71. The molecule has 2 rings (SSSR count). The molecule has 0 unspecified atom stereocenters. The van der Waals surface area contributed by atoms with Crippen LogP contribution in [-0.4, -0.2) is 42.5 Å². The van der Waals surface area contributed by atoms with E-state index in [-0.39, 0.29) is 29.9 Å². The van der Waals surface area contributed by atoms with Crippen molar-refractivity contribution >= 4 is 11.8 Å². The van der Waals surface area contributed by atoms with E-state index in [2.05, 4.69) is 5.32 Å². The molecule has 0 spiro atoms. The summed E-state index contributed by atoms with van der Waals surface area (Å²) in [7, 11) is 0. The second-order valence-electron chi connectivity index (χ2n) is 6.60. The van der Waals surface area contributed by atoms with Crippen molar-refractivity contribution in [2.24, 2.45) is 5.92 Å². The van der Waals surface area contributed by atoms with E-state index in [1.54, 1.807) is 4.90 Å². The molecule has 1 aliphatic heterocycles. The molecule has 1 N–H and O–H groups in total. The van der Waals surface area contributed by atoms with E-state index in [1.807, 2.05) is 51.1 Å². The van der Waals surface area contributed by atoms with Gasteiger partial charge in [-0.15, -0.1) is 0 Å². The first-order valence-corrected chi connectivity index (χ1v) is 8.72. The zero-order chi connectivity index (χ0) is 17.5. The summed E-state index contributed by atoms with van der Waals surface area (Å²) in [5, 5.41) is 2.92. The minimum atomic E-state index is -0.255. The summed E-state index contributed by atoms with van der Waals surface area (Å²) in [6.07, 6.45) is 1.29. The molecule has 132 valence electrons. The average molecular weight is 332 g/mol. The van der Waals surface area contributed by atoms with Gasteiger partial charge in [-0.3, -0.25) is 9.59 Å². The van der Waals surface area contributed by atoms with Crippen molar-refractivity contribution in [2.75, 3.05) is 19.7 Å². The van der Waals surface area contributed by atoms with E-state index in [9.17, 15) is 9.59 Å². The fraction of sp³-hybridized carbons (Fsp3) is 0.579. The molecule has 5 heteroatoms. The first kappa shape index (κ1) is 18.5. The van der Waals surface area contributed by atoms with Crippen LogP contribution >= 0.6 is 0 Å².